The zero-order chi connectivity index (χ0) is 22.3. The summed E-state index contributed by atoms with van der Waals surface area (Å²) in [5.41, 5.74) is 11.8. The average Bonchev–Trinajstić information content (AvgIpc) is 2.64. The highest BCUT2D eigenvalue weighted by Crippen LogP contribution is 2.25. The summed E-state index contributed by atoms with van der Waals surface area (Å²) in [7, 11) is 0. The van der Waals surface area contributed by atoms with Gasteiger partial charge in [0.05, 0.1) is 24.7 Å². The van der Waals surface area contributed by atoms with Crippen LogP contribution in [0.5, 0.6) is 0 Å². The number of hydrogen-bond acceptors (Lipinski definition) is 4. The molecule has 0 bridgehead atoms. The molecule has 0 fully saturated rings. The molecule has 158 valence electrons. The summed E-state index contributed by atoms with van der Waals surface area (Å²) in [5.74, 6) is -2.33. The first-order chi connectivity index (χ1) is 14.1. The number of carbonyl (C=O) groups excluding carboxylic acids is 2. The summed E-state index contributed by atoms with van der Waals surface area (Å²) in [6.45, 7) is -0.358. The van der Waals surface area contributed by atoms with Gasteiger partial charge in [-0.15, -0.1) is 0 Å². The van der Waals surface area contributed by atoms with Crippen LogP contribution >= 0.6 is 27.5 Å². The van der Waals surface area contributed by atoms with Crippen molar-refractivity contribution in [1.82, 2.24) is 10.6 Å². The Morgan fingerprint density at radius 1 is 1.17 bits per heavy atom. The largest absolute Gasteiger partial charge is 0.481 e. The number of amides is 2. The van der Waals surface area contributed by atoms with Crippen LogP contribution in [0.15, 0.2) is 51.9 Å². The second kappa shape index (κ2) is 10.6. The first-order valence-electron chi connectivity index (χ1n) is 8.59. The first-order valence-corrected chi connectivity index (χ1v) is 9.76. The molecule has 9 nitrogen and oxygen atoms in total. The fourth-order valence-electron chi connectivity index (χ4n) is 2.58. The third-order valence-electron chi connectivity index (χ3n) is 3.78. The van der Waals surface area contributed by atoms with Crippen molar-refractivity contribution in [2.45, 2.75) is 12.5 Å². The van der Waals surface area contributed by atoms with Gasteiger partial charge in [-0.05, 0) is 42.0 Å². The Bertz CT molecular complexity index is 974. The van der Waals surface area contributed by atoms with E-state index >= 15 is 0 Å². The molecule has 0 saturated heterocycles. The number of nitrogens with one attached hydrogen (secondary N) is 2. The number of nitrogens with two attached hydrogens (primary N) is 2. The van der Waals surface area contributed by atoms with Gasteiger partial charge in [0.1, 0.15) is 0 Å². The number of carboxylic acids is 1. The lowest BCUT2D eigenvalue weighted by atomic mass is 10.0. The molecule has 2 rings (SSSR count). The molecule has 0 radical (unpaired) electrons. The molecular weight excluding hydrogens is 478 g/mol. The van der Waals surface area contributed by atoms with E-state index in [1.165, 1.54) is 12.1 Å². The van der Waals surface area contributed by atoms with E-state index in [0.29, 0.717) is 20.7 Å². The van der Waals surface area contributed by atoms with Gasteiger partial charge in [0.25, 0.3) is 5.91 Å². The van der Waals surface area contributed by atoms with Gasteiger partial charge in [-0.2, -0.15) is 0 Å². The third kappa shape index (κ3) is 7.37. The van der Waals surface area contributed by atoms with E-state index in [1.54, 1.807) is 30.3 Å². The molecule has 2 aromatic carbocycles. The molecule has 0 aromatic heterocycles. The maximum atomic E-state index is 12.3. The van der Waals surface area contributed by atoms with Crippen LogP contribution in [0.2, 0.25) is 5.02 Å². The van der Waals surface area contributed by atoms with Crippen LogP contribution in [-0.4, -0.2) is 35.4 Å². The summed E-state index contributed by atoms with van der Waals surface area (Å²) < 4.78 is 0.642. The first kappa shape index (κ1) is 23.2. The molecule has 11 heteroatoms. The Kier molecular flexibility index (Phi) is 8.19. The van der Waals surface area contributed by atoms with Crippen molar-refractivity contribution in [1.29, 1.82) is 0 Å². The number of aliphatic imine (C=N–C) groups is 1. The van der Waals surface area contributed by atoms with Crippen molar-refractivity contribution < 1.29 is 19.5 Å². The second-order valence-electron chi connectivity index (χ2n) is 6.19. The maximum absolute atomic E-state index is 12.3. The summed E-state index contributed by atoms with van der Waals surface area (Å²) in [5, 5.41) is 14.6. The Balaban J connectivity index is 2.04. The fraction of sp³-hybridized carbons (Fsp3) is 0.158. The SMILES string of the molecule is NC(N)=Nc1cccc(C(=O)NCC(=O)NC(CC(=O)O)c2cc(Cl)cc(Br)c2)c1. The topological polar surface area (TPSA) is 160 Å². The minimum absolute atomic E-state index is 0.149. The molecule has 0 saturated carbocycles. The lowest BCUT2D eigenvalue weighted by Gasteiger charge is -2.18. The summed E-state index contributed by atoms with van der Waals surface area (Å²) in [4.78, 5) is 39.7. The van der Waals surface area contributed by atoms with E-state index in [9.17, 15) is 14.4 Å². The Hall–Kier alpha value is -3.11. The van der Waals surface area contributed by atoms with Gasteiger partial charge in [-0.1, -0.05) is 33.6 Å². The highest BCUT2D eigenvalue weighted by molar-refractivity contribution is 9.10. The molecule has 0 aliphatic rings. The van der Waals surface area contributed by atoms with Crippen LogP contribution in [0.4, 0.5) is 5.69 Å². The van der Waals surface area contributed by atoms with Gasteiger partial charge in [0, 0.05) is 15.1 Å². The number of aliphatic carboxylic acids is 1. The van der Waals surface area contributed by atoms with Gasteiger partial charge in [-0.25, -0.2) is 4.99 Å². The molecule has 0 aliphatic heterocycles. The molecule has 0 heterocycles. The number of guanidine groups is 1. The Labute approximate surface area is 185 Å². The van der Waals surface area contributed by atoms with Crippen LogP contribution in [-0.2, 0) is 9.59 Å². The lowest BCUT2D eigenvalue weighted by Crippen LogP contribution is -2.39. The molecule has 0 aliphatic carbocycles. The van der Waals surface area contributed by atoms with Gasteiger partial charge >= 0.3 is 5.97 Å². The van der Waals surface area contributed by atoms with Crippen molar-refractivity contribution in [3.8, 4) is 0 Å². The zero-order valence-electron chi connectivity index (χ0n) is 15.6. The number of carboxylic acid groups (broad SMARTS) is 1. The smallest absolute Gasteiger partial charge is 0.305 e. The minimum atomic E-state index is -1.10. The van der Waals surface area contributed by atoms with E-state index in [-0.39, 0.29) is 24.5 Å². The number of carbonyl (C=O) groups is 3. The number of nitrogens with zero attached hydrogens (tertiary/aromatic N) is 1. The maximum Gasteiger partial charge on any atom is 0.305 e. The highest BCUT2D eigenvalue weighted by atomic mass is 79.9. The third-order valence-corrected chi connectivity index (χ3v) is 4.45. The summed E-state index contributed by atoms with van der Waals surface area (Å²) in [6.07, 6.45) is -0.354. The predicted octanol–water partition coefficient (Wildman–Crippen LogP) is 2.07. The number of halogens is 2. The lowest BCUT2D eigenvalue weighted by molar-refractivity contribution is -0.137. The summed E-state index contributed by atoms with van der Waals surface area (Å²) in [6, 6.07) is 10.2. The molecule has 1 atom stereocenters. The van der Waals surface area contributed by atoms with E-state index in [1.807, 2.05) is 0 Å². The monoisotopic (exact) mass is 495 g/mol. The van der Waals surface area contributed by atoms with Crippen molar-refractivity contribution in [3.63, 3.8) is 0 Å². The van der Waals surface area contributed by atoms with Crippen molar-refractivity contribution in [2.24, 2.45) is 16.5 Å². The van der Waals surface area contributed by atoms with Crippen molar-refractivity contribution in [3.05, 3.63) is 63.1 Å². The summed E-state index contributed by atoms with van der Waals surface area (Å²) >= 11 is 9.29. The second-order valence-corrected chi connectivity index (χ2v) is 7.54. The van der Waals surface area contributed by atoms with Gasteiger partial charge < -0.3 is 27.2 Å². The molecule has 30 heavy (non-hydrogen) atoms. The predicted molar refractivity (Wildman–Crippen MR) is 117 cm³/mol. The van der Waals surface area contributed by atoms with E-state index in [4.69, 9.17) is 28.2 Å². The van der Waals surface area contributed by atoms with Gasteiger partial charge in [-0.3, -0.25) is 14.4 Å². The average molecular weight is 497 g/mol. The molecule has 1 unspecified atom stereocenters. The molecule has 2 aromatic rings. The number of rotatable bonds is 8. The molecule has 0 spiro atoms. The molecule has 7 N–H and O–H groups in total. The van der Waals surface area contributed by atoms with Crippen LogP contribution < -0.4 is 22.1 Å². The Morgan fingerprint density at radius 3 is 2.53 bits per heavy atom. The number of benzene rings is 2. The fourth-order valence-corrected chi connectivity index (χ4v) is 3.46. The van der Waals surface area contributed by atoms with Gasteiger partial charge in [0.2, 0.25) is 5.91 Å². The minimum Gasteiger partial charge on any atom is -0.481 e. The molecular formula is C19H19BrClN5O4. The van der Waals surface area contributed by atoms with Crippen LogP contribution in [0, 0.1) is 0 Å². The van der Waals surface area contributed by atoms with Gasteiger partial charge in [0.15, 0.2) is 5.96 Å². The van der Waals surface area contributed by atoms with Crippen LogP contribution in [0.25, 0.3) is 0 Å². The van der Waals surface area contributed by atoms with Crippen molar-refractivity contribution >= 4 is 57.0 Å². The van der Waals surface area contributed by atoms with E-state index in [2.05, 4.69) is 31.6 Å². The zero-order valence-corrected chi connectivity index (χ0v) is 17.9. The normalized spacial score (nSPS) is 11.3. The van der Waals surface area contributed by atoms with Crippen molar-refractivity contribution in [2.75, 3.05) is 6.54 Å². The molecule has 2 amide bonds. The van der Waals surface area contributed by atoms with Crippen LogP contribution in [0.1, 0.15) is 28.4 Å². The quantitative estimate of drug-likeness (QED) is 0.278. The van der Waals surface area contributed by atoms with E-state index in [0.717, 1.165) is 0 Å². The highest BCUT2D eigenvalue weighted by Gasteiger charge is 2.19. The van der Waals surface area contributed by atoms with E-state index < -0.39 is 23.8 Å². The Morgan fingerprint density at radius 2 is 1.90 bits per heavy atom. The number of hydrogen-bond donors (Lipinski definition) is 5. The standard InChI is InChI=1S/C19H19BrClN5O4/c20-12-4-11(5-13(21)7-12)15(8-17(28)29)26-16(27)9-24-18(30)10-2-1-3-14(6-10)25-19(22)23/h1-7,15H,8-9H2,(H,24,30)(H,26,27)(H,28,29)(H4,22,23,25). The van der Waals surface area contributed by atoms with Crippen LogP contribution in [0.3, 0.4) is 0 Å².